The van der Waals surface area contributed by atoms with E-state index in [2.05, 4.69) is 15.1 Å². The van der Waals surface area contributed by atoms with Gasteiger partial charge >= 0.3 is 0 Å². The first kappa shape index (κ1) is 17.0. The molecular formula is C16H23N5O2S. The van der Waals surface area contributed by atoms with Gasteiger partial charge in [0, 0.05) is 30.9 Å². The van der Waals surface area contributed by atoms with Crippen molar-refractivity contribution in [2.24, 2.45) is 0 Å². The predicted octanol–water partition coefficient (Wildman–Crippen LogP) is 1.97. The smallest absolute Gasteiger partial charge is 0.252 e. The second kappa shape index (κ2) is 6.60. The van der Waals surface area contributed by atoms with Crippen molar-refractivity contribution in [1.29, 1.82) is 0 Å². The Labute approximate surface area is 146 Å². The lowest BCUT2D eigenvalue weighted by molar-refractivity contribution is -0.143. The van der Waals surface area contributed by atoms with Crippen LogP contribution in [0.25, 0.3) is 5.78 Å². The van der Waals surface area contributed by atoms with E-state index in [4.69, 9.17) is 17.0 Å². The number of rotatable bonds is 3. The van der Waals surface area contributed by atoms with Crippen LogP contribution in [-0.2, 0) is 16.0 Å². The van der Waals surface area contributed by atoms with E-state index in [1.54, 1.807) is 4.52 Å². The zero-order chi connectivity index (χ0) is 17.4. The number of ether oxygens (including phenoxy) is 1. The number of nitrogens with one attached hydrogen (secondary N) is 1. The third-order valence-electron chi connectivity index (χ3n) is 4.45. The highest BCUT2D eigenvalue weighted by Crippen LogP contribution is 2.17. The second-order valence-corrected chi connectivity index (χ2v) is 6.87. The Balaban J connectivity index is 1.75. The molecule has 7 nitrogen and oxygen atoms in total. The van der Waals surface area contributed by atoms with Crippen LogP contribution in [0.3, 0.4) is 0 Å². The van der Waals surface area contributed by atoms with Gasteiger partial charge in [0.15, 0.2) is 0 Å². The van der Waals surface area contributed by atoms with Crippen LogP contribution in [0.1, 0.15) is 37.2 Å². The van der Waals surface area contributed by atoms with Crippen LogP contribution < -0.4 is 0 Å². The Kier molecular flexibility index (Phi) is 4.69. The molecule has 2 aromatic heterocycles. The van der Waals surface area contributed by atoms with Crippen molar-refractivity contribution < 1.29 is 9.53 Å². The van der Waals surface area contributed by atoms with Gasteiger partial charge in [-0.25, -0.2) is 9.50 Å². The van der Waals surface area contributed by atoms with E-state index in [0.29, 0.717) is 36.5 Å². The van der Waals surface area contributed by atoms with Gasteiger partial charge in [-0.15, -0.1) is 0 Å². The Morgan fingerprint density at radius 3 is 2.62 bits per heavy atom. The van der Waals surface area contributed by atoms with Gasteiger partial charge in [0.05, 0.1) is 12.2 Å². The number of carbonyl (C=O) groups is 1. The highest BCUT2D eigenvalue weighted by Gasteiger charge is 2.25. The zero-order valence-electron chi connectivity index (χ0n) is 14.5. The first-order chi connectivity index (χ1) is 11.3. The van der Waals surface area contributed by atoms with Gasteiger partial charge in [0.25, 0.3) is 5.78 Å². The third-order valence-corrected chi connectivity index (χ3v) is 4.63. The molecule has 24 heavy (non-hydrogen) atoms. The number of carbonyl (C=O) groups excluding carboxylic acids is 1. The normalized spacial score (nSPS) is 21.4. The van der Waals surface area contributed by atoms with E-state index in [0.717, 1.165) is 17.0 Å². The molecule has 1 fully saturated rings. The minimum atomic E-state index is 0.0882. The quantitative estimate of drug-likeness (QED) is 0.858. The fourth-order valence-electron chi connectivity index (χ4n) is 3.37. The Hall–Kier alpha value is -1.80. The van der Waals surface area contributed by atoms with Crippen molar-refractivity contribution in [3.63, 3.8) is 0 Å². The molecule has 2 atom stereocenters. The minimum Gasteiger partial charge on any atom is -0.372 e. The van der Waals surface area contributed by atoms with Crippen LogP contribution in [0.4, 0.5) is 0 Å². The van der Waals surface area contributed by atoms with Gasteiger partial charge in [-0.05, 0) is 51.9 Å². The van der Waals surface area contributed by atoms with Crippen LogP contribution in [0.2, 0.25) is 0 Å². The number of H-pyrrole nitrogens is 1. The lowest BCUT2D eigenvalue weighted by atomic mass is 10.1. The van der Waals surface area contributed by atoms with E-state index in [9.17, 15) is 4.79 Å². The van der Waals surface area contributed by atoms with Gasteiger partial charge in [0.1, 0.15) is 0 Å². The summed E-state index contributed by atoms with van der Waals surface area (Å²) in [7, 11) is 0. The number of aromatic amines is 1. The van der Waals surface area contributed by atoms with E-state index in [1.165, 1.54) is 0 Å². The molecule has 0 radical (unpaired) electrons. The predicted molar refractivity (Wildman–Crippen MR) is 92.6 cm³/mol. The van der Waals surface area contributed by atoms with Gasteiger partial charge in [0.2, 0.25) is 10.7 Å². The number of hydrogen-bond acceptors (Lipinski definition) is 5. The SMILES string of the molecule is Cc1nc2nc(=S)[nH]n2c(C)c1CCC(=O)N1C[C@@H](C)O[C@H](C)C1. The summed E-state index contributed by atoms with van der Waals surface area (Å²) in [5.74, 6) is 0.732. The summed E-state index contributed by atoms with van der Waals surface area (Å²) in [6.45, 7) is 9.27. The van der Waals surface area contributed by atoms with E-state index < -0.39 is 0 Å². The van der Waals surface area contributed by atoms with Crippen LogP contribution >= 0.6 is 12.2 Å². The third kappa shape index (κ3) is 3.34. The molecule has 1 aliphatic rings. The average Bonchev–Trinajstić information content (AvgIpc) is 2.86. The number of nitrogens with zero attached hydrogens (tertiary/aromatic N) is 4. The molecule has 130 valence electrons. The summed E-state index contributed by atoms with van der Waals surface area (Å²) < 4.78 is 7.89. The molecule has 0 spiro atoms. The number of amides is 1. The second-order valence-electron chi connectivity index (χ2n) is 6.48. The van der Waals surface area contributed by atoms with Crippen molar-refractivity contribution in [3.8, 4) is 0 Å². The van der Waals surface area contributed by atoms with Gasteiger partial charge < -0.3 is 9.64 Å². The zero-order valence-corrected chi connectivity index (χ0v) is 15.3. The summed E-state index contributed by atoms with van der Waals surface area (Å²) in [6, 6.07) is 0. The maximum Gasteiger partial charge on any atom is 0.252 e. The molecule has 3 heterocycles. The molecule has 1 N–H and O–H groups in total. The fraction of sp³-hybridized carbons (Fsp3) is 0.625. The van der Waals surface area contributed by atoms with Gasteiger partial charge in [-0.3, -0.25) is 9.89 Å². The molecule has 2 aromatic rings. The largest absolute Gasteiger partial charge is 0.372 e. The first-order valence-electron chi connectivity index (χ1n) is 8.23. The Morgan fingerprint density at radius 2 is 1.96 bits per heavy atom. The van der Waals surface area contributed by atoms with E-state index in [1.807, 2.05) is 32.6 Å². The number of fused-ring (bicyclic) bond motifs is 1. The molecule has 1 amide bonds. The molecule has 0 saturated carbocycles. The summed E-state index contributed by atoms with van der Waals surface area (Å²) in [5, 5.41) is 3.00. The van der Waals surface area contributed by atoms with Crippen LogP contribution in [0.5, 0.6) is 0 Å². The van der Waals surface area contributed by atoms with Gasteiger partial charge in [-0.1, -0.05) is 0 Å². The number of morpholine rings is 1. The minimum absolute atomic E-state index is 0.0882. The Bertz CT molecular complexity index is 818. The average molecular weight is 349 g/mol. The van der Waals surface area contributed by atoms with Crippen molar-refractivity contribution in [3.05, 3.63) is 21.7 Å². The topological polar surface area (TPSA) is 75.5 Å². The fourth-order valence-corrected chi connectivity index (χ4v) is 3.54. The molecular weight excluding hydrogens is 326 g/mol. The number of aryl methyl sites for hydroxylation is 2. The van der Waals surface area contributed by atoms with E-state index >= 15 is 0 Å². The summed E-state index contributed by atoms with van der Waals surface area (Å²) >= 11 is 5.07. The first-order valence-corrected chi connectivity index (χ1v) is 8.64. The molecule has 1 saturated heterocycles. The summed E-state index contributed by atoms with van der Waals surface area (Å²) in [6.07, 6.45) is 1.29. The van der Waals surface area contributed by atoms with E-state index in [-0.39, 0.29) is 18.1 Å². The summed E-state index contributed by atoms with van der Waals surface area (Å²) in [4.78, 5) is 23.1. The van der Waals surface area contributed by atoms with Crippen LogP contribution in [-0.4, -0.2) is 55.7 Å². The maximum atomic E-state index is 12.6. The molecule has 0 unspecified atom stereocenters. The van der Waals surface area contributed by atoms with Crippen LogP contribution in [0, 0.1) is 18.6 Å². The van der Waals surface area contributed by atoms with Crippen LogP contribution in [0.15, 0.2) is 0 Å². The molecule has 1 aliphatic heterocycles. The molecule has 0 aliphatic carbocycles. The molecule has 0 aromatic carbocycles. The monoisotopic (exact) mass is 349 g/mol. The Morgan fingerprint density at radius 1 is 1.29 bits per heavy atom. The number of aromatic nitrogens is 4. The number of hydrogen-bond donors (Lipinski definition) is 1. The van der Waals surface area contributed by atoms with Crippen molar-refractivity contribution in [2.75, 3.05) is 13.1 Å². The lowest BCUT2D eigenvalue weighted by Gasteiger charge is -2.35. The maximum absolute atomic E-state index is 12.6. The standard InChI is InChI=1S/C16H23N5O2S/c1-9-7-20(8-10(2)23-9)14(22)6-5-13-11(3)17-15-18-16(24)19-21(15)12(13)4/h9-10H,5-8H2,1-4H3,(H,19,24)/t9-,10-/m1/s1. The van der Waals surface area contributed by atoms with Gasteiger partial charge in [-0.2, -0.15) is 4.98 Å². The summed E-state index contributed by atoms with van der Waals surface area (Å²) in [5.41, 5.74) is 2.96. The molecule has 0 bridgehead atoms. The highest BCUT2D eigenvalue weighted by atomic mass is 32.1. The van der Waals surface area contributed by atoms with Crippen molar-refractivity contribution in [2.45, 2.75) is 52.7 Å². The van der Waals surface area contributed by atoms with Crippen molar-refractivity contribution in [1.82, 2.24) is 24.5 Å². The highest BCUT2D eigenvalue weighted by molar-refractivity contribution is 7.71. The lowest BCUT2D eigenvalue weighted by Crippen LogP contribution is -2.48. The van der Waals surface area contributed by atoms with Crippen molar-refractivity contribution >= 4 is 23.9 Å². The molecule has 8 heteroatoms. The molecule has 3 rings (SSSR count).